The molecule has 1 heterocycles. The highest BCUT2D eigenvalue weighted by molar-refractivity contribution is 6.30. The van der Waals surface area contributed by atoms with Crippen molar-refractivity contribution in [3.63, 3.8) is 0 Å². The molecule has 1 aromatic heterocycles. The Labute approximate surface area is 123 Å². The van der Waals surface area contributed by atoms with Crippen molar-refractivity contribution in [2.75, 3.05) is 0 Å². The molecule has 0 saturated carbocycles. The van der Waals surface area contributed by atoms with Crippen LogP contribution in [0.15, 0.2) is 30.3 Å². The molecule has 0 saturated heterocycles. The average molecular weight is 292 g/mol. The van der Waals surface area contributed by atoms with Gasteiger partial charge in [0.1, 0.15) is 5.69 Å². The Kier molecular flexibility index (Phi) is 4.45. The van der Waals surface area contributed by atoms with Crippen molar-refractivity contribution in [3.8, 4) is 0 Å². The van der Waals surface area contributed by atoms with Crippen LogP contribution in [0.25, 0.3) is 0 Å². The zero-order valence-electron chi connectivity index (χ0n) is 11.9. The fourth-order valence-corrected chi connectivity index (χ4v) is 2.40. The first-order chi connectivity index (χ1) is 9.45. The molecule has 106 valence electrons. The Bertz CT molecular complexity index is 621. The number of carbonyl (C=O) groups is 1. The van der Waals surface area contributed by atoms with Crippen LogP contribution in [0.3, 0.4) is 0 Å². The zero-order chi connectivity index (χ0) is 14.7. The first-order valence-corrected chi connectivity index (χ1v) is 6.89. The Balaban J connectivity index is 1.99. The molecule has 0 fully saturated rings. The van der Waals surface area contributed by atoms with Gasteiger partial charge in [-0.1, -0.05) is 23.7 Å². The second-order valence-corrected chi connectivity index (χ2v) is 5.44. The van der Waals surface area contributed by atoms with Gasteiger partial charge in [0.2, 0.25) is 0 Å². The van der Waals surface area contributed by atoms with Crippen molar-refractivity contribution in [3.05, 3.63) is 52.3 Å². The van der Waals surface area contributed by atoms with Crippen LogP contribution in [-0.2, 0) is 13.5 Å². The van der Waals surface area contributed by atoms with E-state index in [2.05, 4.69) is 10.4 Å². The fourth-order valence-electron chi connectivity index (χ4n) is 2.19. The van der Waals surface area contributed by atoms with Crippen LogP contribution >= 0.6 is 11.6 Å². The van der Waals surface area contributed by atoms with Crippen LogP contribution in [0, 0.1) is 6.92 Å². The van der Waals surface area contributed by atoms with E-state index in [0.29, 0.717) is 10.7 Å². The highest BCUT2D eigenvalue weighted by Crippen LogP contribution is 2.12. The second-order valence-electron chi connectivity index (χ2n) is 5.00. The predicted octanol–water partition coefficient (Wildman–Crippen LogP) is 2.74. The quantitative estimate of drug-likeness (QED) is 0.941. The van der Waals surface area contributed by atoms with E-state index in [9.17, 15) is 4.79 Å². The molecule has 4 nitrogen and oxygen atoms in total. The number of nitrogens with zero attached hydrogens (tertiary/aromatic N) is 2. The fraction of sp³-hybridized carbons (Fsp3) is 0.333. The lowest BCUT2D eigenvalue weighted by Gasteiger charge is -2.14. The van der Waals surface area contributed by atoms with E-state index in [1.165, 1.54) is 0 Å². The maximum atomic E-state index is 12.1. The van der Waals surface area contributed by atoms with Gasteiger partial charge in [0.15, 0.2) is 0 Å². The number of nitrogens with one attached hydrogen (secondary N) is 1. The molecule has 1 amide bonds. The molecular weight excluding hydrogens is 274 g/mol. The lowest BCUT2D eigenvalue weighted by atomic mass is 10.1. The van der Waals surface area contributed by atoms with Crippen LogP contribution in [0.5, 0.6) is 0 Å². The van der Waals surface area contributed by atoms with Crippen LogP contribution in [0.1, 0.15) is 28.7 Å². The summed E-state index contributed by atoms with van der Waals surface area (Å²) >= 11 is 5.95. The first kappa shape index (κ1) is 14.6. The minimum atomic E-state index is -0.109. The van der Waals surface area contributed by atoms with Crippen LogP contribution in [0.2, 0.25) is 5.02 Å². The molecular formula is C15H18ClN3O. The van der Waals surface area contributed by atoms with Crippen molar-refractivity contribution in [2.24, 2.45) is 7.05 Å². The largest absolute Gasteiger partial charge is 0.348 e. The van der Waals surface area contributed by atoms with Crippen LogP contribution in [0.4, 0.5) is 0 Å². The van der Waals surface area contributed by atoms with Gasteiger partial charge in [0.25, 0.3) is 5.91 Å². The molecule has 5 heteroatoms. The first-order valence-electron chi connectivity index (χ1n) is 6.51. The zero-order valence-corrected chi connectivity index (χ0v) is 12.6. The summed E-state index contributed by atoms with van der Waals surface area (Å²) in [5.74, 6) is -0.109. The second kappa shape index (κ2) is 6.09. The molecule has 2 rings (SSSR count). The number of benzene rings is 1. The number of hydrogen-bond donors (Lipinski definition) is 1. The van der Waals surface area contributed by atoms with E-state index in [1.807, 2.05) is 38.1 Å². The van der Waals surface area contributed by atoms with E-state index >= 15 is 0 Å². The van der Waals surface area contributed by atoms with E-state index < -0.39 is 0 Å². The third-order valence-electron chi connectivity index (χ3n) is 3.04. The third-order valence-corrected chi connectivity index (χ3v) is 3.28. The molecule has 1 aromatic carbocycles. The molecule has 0 aliphatic heterocycles. The number of amides is 1. The Morgan fingerprint density at radius 1 is 1.45 bits per heavy atom. The Morgan fingerprint density at radius 3 is 2.80 bits per heavy atom. The summed E-state index contributed by atoms with van der Waals surface area (Å²) in [5.41, 5.74) is 2.51. The summed E-state index contributed by atoms with van der Waals surface area (Å²) < 4.78 is 1.59. The number of rotatable bonds is 4. The normalized spacial score (nSPS) is 12.2. The number of hydrogen-bond acceptors (Lipinski definition) is 2. The summed E-state index contributed by atoms with van der Waals surface area (Å²) in [6.07, 6.45) is 0.739. The van der Waals surface area contributed by atoms with E-state index in [1.54, 1.807) is 17.8 Å². The molecule has 0 aliphatic carbocycles. The average Bonchev–Trinajstić information content (AvgIpc) is 2.68. The summed E-state index contributed by atoms with van der Waals surface area (Å²) in [6, 6.07) is 9.47. The number of aryl methyl sites for hydroxylation is 2. The van der Waals surface area contributed by atoms with Crippen molar-refractivity contribution < 1.29 is 4.79 Å². The SMILES string of the molecule is Cc1cc(C(=O)N[C@H](C)Cc2cccc(Cl)c2)n(C)n1. The molecule has 0 unspecified atom stereocenters. The lowest BCUT2D eigenvalue weighted by molar-refractivity contribution is 0.0930. The lowest BCUT2D eigenvalue weighted by Crippen LogP contribution is -2.35. The summed E-state index contributed by atoms with van der Waals surface area (Å²) in [6.45, 7) is 3.84. The van der Waals surface area contributed by atoms with E-state index in [4.69, 9.17) is 11.6 Å². The topological polar surface area (TPSA) is 46.9 Å². The molecule has 0 radical (unpaired) electrons. The van der Waals surface area contributed by atoms with Crippen LogP contribution < -0.4 is 5.32 Å². The molecule has 1 N–H and O–H groups in total. The standard InChI is InChI=1S/C15H18ClN3O/c1-10(7-12-5-4-6-13(16)9-12)17-15(20)14-8-11(2)18-19(14)3/h4-6,8-10H,7H2,1-3H3,(H,17,20)/t10-/m1/s1. The van der Waals surface area contributed by atoms with Crippen molar-refractivity contribution in [2.45, 2.75) is 26.3 Å². The summed E-state index contributed by atoms with van der Waals surface area (Å²) in [5, 5.41) is 7.86. The molecule has 0 spiro atoms. The number of carbonyl (C=O) groups excluding carboxylic acids is 1. The van der Waals surface area contributed by atoms with Gasteiger partial charge in [-0.2, -0.15) is 5.10 Å². The third kappa shape index (κ3) is 3.61. The minimum absolute atomic E-state index is 0.0242. The molecule has 0 aliphatic rings. The molecule has 2 aromatic rings. The molecule has 20 heavy (non-hydrogen) atoms. The van der Waals surface area contributed by atoms with Gasteiger partial charge in [-0.25, -0.2) is 0 Å². The highest BCUT2D eigenvalue weighted by atomic mass is 35.5. The van der Waals surface area contributed by atoms with Gasteiger partial charge >= 0.3 is 0 Å². The van der Waals surface area contributed by atoms with Crippen LogP contribution in [-0.4, -0.2) is 21.7 Å². The number of halogens is 1. The predicted molar refractivity (Wildman–Crippen MR) is 80.0 cm³/mol. The van der Waals surface area contributed by atoms with Gasteiger partial charge < -0.3 is 5.32 Å². The van der Waals surface area contributed by atoms with Crippen molar-refractivity contribution in [1.82, 2.24) is 15.1 Å². The minimum Gasteiger partial charge on any atom is -0.348 e. The highest BCUT2D eigenvalue weighted by Gasteiger charge is 2.14. The van der Waals surface area contributed by atoms with Gasteiger partial charge in [0.05, 0.1) is 5.69 Å². The smallest absolute Gasteiger partial charge is 0.269 e. The Morgan fingerprint density at radius 2 is 2.20 bits per heavy atom. The van der Waals surface area contributed by atoms with Crippen molar-refractivity contribution >= 4 is 17.5 Å². The summed E-state index contributed by atoms with van der Waals surface area (Å²) in [7, 11) is 1.77. The monoisotopic (exact) mass is 291 g/mol. The van der Waals surface area contributed by atoms with E-state index in [-0.39, 0.29) is 11.9 Å². The Hall–Kier alpha value is -1.81. The molecule has 1 atom stereocenters. The number of aromatic nitrogens is 2. The maximum absolute atomic E-state index is 12.1. The summed E-state index contributed by atoms with van der Waals surface area (Å²) in [4.78, 5) is 12.1. The molecule has 0 bridgehead atoms. The van der Waals surface area contributed by atoms with Crippen molar-refractivity contribution in [1.29, 1.82) is 0 Å². The van der Waals surface area contributed by atoms with Gasteiger partial charge in [-0.3, -0.25) is 9.48 Å². The van der Waals surface area contributed by atoms with E-state index in [0.717, 1.165) is 17.7 Å². The van der Waals surface area contributed by atoms with Gasteiger partial charge in [0, 0.05) is 18.1 Å². The maximum Gasteiger partial charge on any atom is 0.269 e. The van der Waals surface area contributed by atoms with Gasteiger partial charge in [-0.15, -0.1) is 0 Å². The van der Waals surface area contributed by atoms with Gasteiger partial charge in [-0.05, 0) is 44.0 Å².